The Morgan fingerprint density at radius 3 is 2.45 bits per heavy atom. The fourth-order valence-electron chi connectivity index (χ4n) is 2.16. The Morgan fingerprint density at radius 2 is 1.91 bits per heavy atom. The van der Waals surface area contributed by atoms with Gasteiger partial charge in [-0.2, -0.15) is 0 Å². The molecule has 0 radical (unpaired) electrons. The van der Waals surface area contributed by atoms with E-state index in [1.54, 1.807) is 7.05 Å². The van der Waals surface area contributed by atoms with Gasteiger partial charge in [0.05, 0.1) is 0 Å². The molecule has 0 atom stereocenters. The van der Waals surface area contributed by atoms with Crippen molar-refractivity contribution in [1.29, 1.82) is 0 Å². The van der Waals surface area contributed by atoms with Crippen molar-refractivity contribution in [1.82, 2.24) is 5.32 Å². The summed E-state index contributed by atoms with van der Waals surface area (Å²) in [7, 11) is 5.62. The second-order valence-electron chi connectivity index (χ2n) is 5.14. The topological polar surface area (TPSA) is 41.6 Å². The predicted octanol–water partition coefficient (Wildman–Crippen LogP) is 4.64. The van der Waals surface area contributed by atoms with E-state index in [1.165, 1.54) is 30.5 Å². The second-order valence-corrected chi connectivity index (χ2v) is 5.14. The van der Waals surface area contributed by atoms with Crippen molar-refractivity contribution in [3.8, 4) is 5.75 Å². The van der Waals surface area contributed by atoms with Gasteiger partial charge in [0.2, 0.25) is 0 Å². The Hall–Kier alpha value is -0.980. The molecule has 1 N–H and O–H groups in total. The monoisotopic (exact) mass is 420 g/mol. The smallest absolute Gasteiger partial charge is 0.410 e. The molecule has 0 aliphatic heterocycles. The van der Waals surface area contributed by atoms with E-state index in [2.05, 4.69) is 39.7 Å². The summed E-state index contributed by atoms with van der Waals surface area (Å²) >= 11 is 2.15. The first-order valence-electron chi connectivity index (χ1n) is 7.66. The highest BCUT2D eigenvalue weighted by molar-refractivity contribution is 14.1. The summed E-state index contributed by atoms with van der Waals surface area (Å²) in [5.74, 6) is 0.598. The zero-order valence-electron chi connectivity index (χ0n) is 14.4. The molecule has 0 aliphatic rings. The van der Waals surface area contributed by atoms with E-state index < -0.39 is 6.09 Å². The summed E-state index contributed by atoms with van der Waals surface area (Å²) in [6.07, 6.45) is 5.49. The molecule has 0 unspecified atom stereocenters. The molecule has 22 heavy (non-hydrogen) atoms. The van der Waals surface area contributed by atoms with Crippen LogP contribution in [-0.2, 0) is 6.42 Å². The zero-order chi connectivity index (χ0) is 17.0. The first-order chi connectivity index (χ1) is 10.6. The van der Waals surface area contributed by atoms with Crippen LogP contribution >= 0.6 is 22.6 Å². The van der Waals surface area contributed by atoms with Gasteiger partial charge in [0.1, 0.15) is 5.75 Å². The van der Waals surface area contributed by atoms with Gasteiger partial charge in [-0.3, -0.25) is 0 Å². The average Bonchev–Trinajstić information content (AvgIpc) is 2.53. The molecule has 1 rings (SSSR count). The summed E-state index contributed by atoms with van der Waals surface area (Å²) < 4.78 is 5.20. The molecule has 126 valence electrons. The van der Waals surface area contributed by atoms with Crippen LogP contribution in [0.1, 0.15) is 38.2 Å². The van der Waals surface area contributed by atoms with Gasteiger partial charge in [-0.05, 0) is 41.5 Å². The van der Waals surface area contributed by atoms with Gasteiger partial charge in [-0.1, -0.05) is 48.8 Å². The van der Waals surface area contributed by atoms with Crippen LogP contribution in [0.3, 0.4) is 0 Å². The van der Waals surface area contributed by atoms with Crippen LogP contribution in [-0.4, -0.2) is 32.2 Å². The highest BCUT2D eigenvalue weighted by Crippen LogP contribution is 2.26. The lowest BCUT2D eigenvalue weighted by Crippen LogP contribution is -2.22. The SMILES string of the molecule is CCCCCCc1cc(OC(=O)NC)ccc1N(C)C.CI. The van der Waals surface area contributed by atoms with Crippen LogP contribution in [0.4, 0.5) is 10.5 Å². The van der Waals surface area contributed by atoms with Crippen molar-refractivity contribution in [3.63, 3.8) is 0 Å². The maximum Gasteiger partial charge on any atom is 0.412 e. The number of nitrogens with one attached hydrogen (secondary N) is 1. The Labute approximate surface area is 148 Å². The fraction of sp³-hybridized carbons (Fsp3) is 0.588. The minimum atomic E-state index is -0.431. The molecule has 0 bridgehead atoms. The lowest BCUT2D eigenvalue weighted by Gasteiger charge is -2.18. The quantitative estimate of drug-likeness (QED) is 0.397. The summed E-state index contributed by atoms with van der Waals surface area (Å²) in [5.41, 5.74) is 2.42. The number of unbranched alkanes of at least 4 members (excludes halogenated alkanes) is 3. The van der Waals surface area contributed by atoms with Crippen LogP contribution < -0.4 is 15.0 Å². The third-order valence-corrected chi connectivity index (χ3v) is 3.25. The Kier molecular flexibility index (Phi) is 12.0. The zero-order valence-corrected chi connectivity index (χ0v) is 16.6. The molecule has 0 heterocycles. The van der Waals surface area contributed by atoms with Crippen LogP contribution in [0, 0.1) is 0 Å². The normalized spacial score (nSPS) is 9.55. The molecular formula is C17H29IN2O2. The van der Waals surface area contributed by atoms with E-state index in [9.17, 15) is 4.79 Å². The number of carbonyl (C=O) groups excluding carboxylic acids is 1. The number of amides is 1. The van der Waals surface area contributed by atoms with E-state index >= 15 is 0 Å². The number of anilines is 1. The number of nitrogens with zero attached hydrogens (tertiary/aromatic N) is 1. The molecule has 0 saturated carbocycles. The molecule has 0 aliphatic carbocycles. The average molecular weight is 420 g/mol. The number of aryl methyl sites for hydroxylation is 1. The third kappa shape index (κ3) is 7.87. The van der Waals surface area contributed by atoms with E-state index in [4.69, 9.17) is 4.74 Å². The molecule has 0 saturated heterocycles. The van der Waals surface area contributed by atoms with Gasteiger partial charge >= 0.3 is 6.09 Å². The molecule has 5 heteroatoms. The maximum absolute atomic E-state index is 11.3. The second kappa shape index (κ2) is 12.6. The summed E-state index contributed by atoms with van der Waals surface area (Å²) in [5, 5.41) is 2.46. The van der Waals surface area contributed by atoms with Crippen molar-refractivity contribution >= 4 is 34.4 Å². The van der Waals surface area contributed by atoms with Crippen LogP contribution in [0.15, 0.2) is 18.2 Å². The Morgan fingerprint density at radius 1 is 1.23 bits per heavy atom. The Bertz CT molecular complexity index is 437. The van der Waals surface area contributed by atoms with Gasteiger partial charge in [-0.25, -0.2) is 4.79 Å². The molecule has 4 nitrogen and oxygen atoms in total. The summed E-state index contributed by atoms with van der Waals surface area (Å²) in [4.78, 5) is 15.3. The van der Waals surface area contributed by atoms with Gasteiger partial charge in [-0.15, -0.1) is 0 Å². The van der Waals surface area contributed by atoms with Crippen LogP contribution in [0.25, 0.3) is 0 Å². The van der Waals surface area contributed by atoms with Crippen molar-refractivity contribution in [3.05, 3.63) is 23.8 Å². The van der Waals surface area contributed by atoms with E-state index in [0.29, 0.717) is 5.75 Å². The van der Waals surface area contributed by atoms with Gasteiger partial charge in [0.15, 0.2) is 0 Å². The number of benzene rings is 1. The van der Waals surface area contributed by atoms with E-state index in [-0.39, 0.29) is 0 Å². The first-order valence-corrected chi connectivity index (χ1v) is 9.81. The number of halogens is 1. The third-order valence-electron chi connectivity index (χ3n) is 3.25. The molecule has 0 spiro atoms. The summed E-state index contributed by atoms with van der Waals surface area (Å²) in [6, 6.07) is 5.81. The van der Waals surface area contributed by atoms with E-state index in [1.807, 2.05) is 37.2 Å². The molecule has 1 aromatic carbocycles. The van der Waals surface area contributed by atoms with Gasteiger partial charge < -0.3 is 15.0 Å². The van der Waals surface area contributed by atoms with Gasteiger partial charge in [0.25, 0.3) is 0 Å². The van der Waals surface area contributed by atoms with Gasteiger partial charge in [0, 0.05) is 26.8 Å². The Balaban J connectivity index is 0.00000211. The highest BCUT2D eigenvalue weighted by atomic mass is 127. The van der Waals surface area contributed by atoms with Crippen LogP contribution in [0.5, 0.6) is 5.75 Å². The number of alkyl halides is 1. The lowest BCUT2D eigenvalue weighted by molar-refractivity contribution is 0.203. The largest absolute Gasteiger partial charge is 0.412 e. The lowest BCUT2D eigenvalue weighted by atomic mass is 10.0. The van der Waals surface area contributed by atoms with Crippen molar-refractivity contribution in [2.24, 2.45) is 0 Å². The number of rotatable bonds is 7. The summed E-state index contributed by atoms with van der Waals surface area (Å²) in [6.45, 7) is 2.21. The fourth-order valence-corrected chi connectivity index (χ4v) is 2.16. The van der Waals surface area contributed by atoms with Crippen molar-refractivity contribution in [2.45, 2.75) is 39.0 Å². The number of hydrogen-bond acceptors (Lipinski definition) is 3. The highest BCUT2D eigenvalue weighted by Gasteiger charge is 2.08. The standard InChI is InChI=1S/C16H26N2O2.CH3I/c1-5-6-7-8-9-13-12-14(20-16(19)17-2)10-11-15(13)18(3)4;1-2/h10-12H,5-9H2,1-4H3,(H,17,19);1H3. The van der Waals surface area contributed by atoms with Crippen LogP contribution in [0.2, 0.25) is 0 Å². The van der Waals surface area contributed by atoms with E-state index in [0.717, 1.165) is 12.8 Å². The number of ether oxygens (including phenoxy) is 1. The first kappa shape index (κ1) is 21.0. The molecule has 0 aromatic heterocycles. The minimum absolute atomic E-state index is 0.431. The predicted molar refractivity (Wildman–Crippen MR) is 104 cm³/mol. The van der Waals surface area contributed by atoms with Crippen molar-refractivity contribution < 1.29 is 9.53 Å². The molecule has 0 fully saturated rings. The molecular weight excluding hydrogens is 391 g/mol. The maximum atomic E-state index is 11.3. The minimum Gasteiger partial charge on any atom is -0.410 e. The number of hydrogen-bond donors (Lipinski definition) is 1. The molecule has 1 amide bonds. The van der Waals surface area contributed by atoms with Crippen molar-refractivity contribution in [2.75, 3.05) is 31.0 Å². The molecule has 1 aromatic rings. The number of carbonyl (C=O) groups is 1.